The first kappa shape index (κ1) is 12.7. The highest BCUT2D eigenvalue weighted by molar-refractivity contribution is 9.10. The molecule has 2 rings (SSSR count). The summed E-state index contributed by atoms with van der Waals surface area (Å²) in [6.45, 7) is 1.97. The van der Waals surface area contributed by atoms with E-state index in [1.165, 1.54) is 0 Å². The van der Waals surface area contributed by atoms with Crippen LogP contribution in [0, 0.1) is 6.92 Å². The number of ether oxygens (including phenoxy) is 2. The fourth-order valence-electron chi connectivity index (χ4n) is 1.46. The van der Waals surface area contributed by atoms with E-state index in [4.69, 9.17) is 15.2 Å². The molecule has 94 valence electrons. The molecular weight excluding hydrogens is 296 g/mol. The summed E-state index contributed by atoms with van der Waals surface area (Å²) in [5.74, 6) is 1.63. The smallest absolute Gasteiger partial charge is 0.234 e. The Kier molecular flexibility index (Phi) is 3.72. The third-order valence-electron chi connectivity index (χ3n) is 2.44. The lowest BCUT2D eigenvalue weighted by Crippen LogP contribution is -1.95. The topological polar surface area (TPSA) is 57.4 Å². The number of aromatic nitrogens is 1. The Morgan fingerprint density at radius 2 is 2.00 bits per heavy atom. The van der Waals surface area contributed by atoms with E-state index in [0.717, 1.165) is 10.0 Å². The van der Waals surface area contributed by atoms with Crippen LogP contribution in [0.15, 0.2) is 34.9 Å². The quantitative estimate of drug-likeness (QED) is 0.881. The Balaban J connectivity index is 2.39. The Labute approximate surface area is 114 Å². The number of methoxy groups -OCH3 is 1. The molecule has 0 aliphatic heterocycles. The van der Waals surface area contributed by atoms with E-state index in [1.807, 2.05) is 13.0 Å². The van der Waals surface area contributed by atoms with Crippen LogP contribution in [0.25, 0.3) is 0 Å². The van der Waals surface area contributed by atoms with Crippen LogP contribution in [0.2, 0.25) is 0 Å². The first-order valence-corrected chi connectivity index (χ1v) is 6.13. The van der Waals surface area contributed by atoms with Gasteiger partial charge in [0.2, 0.25) is 5.88 Å². The second-order valence-corrected chi connectivity index (χ2v) is 4.55. The number of nitrogens with zero attached hydrogens (tertiary/aromatic N) is 1. The molecule has 0 fully saturated rings. The Hall–Kier alpha value is -1.75. The van der Waals surface area contributed by atoms with Crippen molar-refractivity contribution in [3.8, 4) is 17.4 Å². The average molecular weight is 309 g/mol. The zero-order chi connectivity index (χ0) is 13.1. The van der Waals surface area contributed by atoms with Crippen molar-refractivity contribution in [2.45, 2.75) is 6.92 Å². The highest BCUT2D eigenvalue weighted by Crippen LogP contribution is 2.35. The van der Waals surface area contributed by atoms with Gasteiger partial charge in [-0.15, -0.1) is 0 Å². The fraction of sp³-hybridized carbons (Fsp3) is 0.154. The largest absolute Gasteiger partial charge is 0.493 e. The van der Waals surface area contributed by atoms with Crippen LogP contribution in [0.1, 0.15) is 5.56 Å². The minimum absolute atomic E-state index is 0.485. The summed E-state index contributed by atoms with van der Waals surface area (Å²) in [5.41, 5.74) is 7.39. The number of aryl methyl sites for hydroxylation is 1. The van der Waals surface area contributed by atoms with E-state index in [-0.39, 0.29) is 0 Å². The van der Waals surface area contributed by atoms with Crippen molar-refractivity contribution in [3.63, 3.8) is 0 Å². The van der Waals surface area contributed by atoms with E-state index < -0.39 is 0 Å². The van der Waals surface area contributed by atoms with Crippen molar-refractivity contribution in [1.82, 2.24) is 4.98 Å². The molecule has 2 aromatic rings. The summed E-state index contributed by atoms with van der Waals surface area (Å²) in [7, 11) is 1.58. The van der Waals surface area contributed by atoms with Gasteiger partial charge in [0.1, 0.15) is 0 Å². The van der Waals surface area contributed by atoms with Crippen LogP contribution in [0.3, 0.4) is 0 Å². The molecule has 4 nitrogen and oxygen atoms in total. The third-order valence-corrected chi connectivity index (χ3v) is 3.41. The second-order valence-electron chi connectivity index (χ2n) is 3.76. The number of hydrogen-bond acceptors (Lipinski definition) is 4. The zero-order valence-corrected chi connectivity index (χ0v) is 11.7. The number of nitrogens with two attached hydrogens (primary N) is 1. The average Bonchev–Trinajstić information content (AvgIpc) is 2.35. The van der Waals surface area contributed by atoms with Crippen LogP contribution in [-0.4, -0.2) is 12.1 Å². The first-order valence-electron chi connectivity index (χ1n) is 5.34. The zero-order valence-electron chi connectivity index (χ0n) is 10.1. The predicted octanol–water partition coefficient (Wildman–Crippen LogP) is 3.54. The molecule has 0 radical (unpaired) electrons. The van der Waals surface area contributed by atoms with E-state index in [2.05, 4.69) is 20.9 Å². The van der Waals surface area contributed by atoms with Gasteiger partial charge in [-0.3, -0.25) is 0 Å². The fourth-order valence-corrected chi connectivity index (χ4v) is 1.78. The molecule has 0 aliphatic carbocycles. The van der Waals surface area contributed by atoms with Gasteiger partial charge in [0.25, 0.3) is 0 Å². The molecule has 0 amide bonds. The molecule has 2 N–H and O–H groups in total. The molecule has 1 aromatic heterocycles. The molecule has 0 bridgehead atoms. The van der Waals surface area contributed by atoms with E-state index in [0.29, 0.717) is 23.1 Å². The van der Waals surface area contributed by atoms with Gasteiger partial charge in [-0.05, 0) is 46.6 Å². The van der Waals surface area contributed by atoms with E-state index >= 15 is 0 Å². The Morgan fingerprint density at radius 3 is 2.72 bits per heavy atom. The van der Waals surface area contributed by atoms with Gasteiger partial charge in [0.05, 0.1) is 11.6 Å². The van der Waals surface area contributed by atoms with Crippen molar-refractivity contribution in [1.29, 1.82) is 0 Å². The highest BCUT2D eigenvalue weighted by Gasteiger charge is 2.10. The maximum atomic E-state index is 5.74. The van der Waals surface area contributed by atoms with Gasteiger partial charge in [0, 0.05) is 18.0 Å². The first-order chi connectivity index (χ1) is 8.61. The lowest BCUT2D eigenvalue weighted by atomic mass is 10.3. The lowest BCUT2D eigenvalue weighted by Gasteiger charge is -2.11. The van der Waals surface area contributed by atoms with Crippen LogP contribution in [0.5, 0.6) is 17.4 Å². The second kappa shape index (κ2) is 5.27. The number of nitrogen functional groups attached to an aromatic ring is 1. The molecule has 0 aliphatic rings. The maximum absolute atomic E-state index is 5.74. The summed E-state index contributed by atoms with van der Waals surface area (Å²) in [5, 5.41) is 0. The molecule has 18 heavy (non-hydrogen) atoms. The number of benzene rings is 1. The minimum atomic E-state index is 0.485. The van der Waals surface area contributed by atoms with Gasteiger partial charge in [0.15, 0.2) is 11.5 Å². The van der Waals surface area contributed by atoms with E-state index in [9.17, 15) is 0 Å². The number of halogens is 1. The molecule has 1 aromatic carbocycles. The van der Waals surface area contributed by atoms with Gasteiger partial charge < -0.3 is 15.2 Å². The van der Waals surface area contributed by atoms with Crippen LogP contribution >= 0.6 is 15.9 Å². The summed E-state index contributed by atoms with van der Waals surface area (Å²) in [6, 6.07) is 7.11. The van der Waals surface area contributed by atoms with Crippen molar-refractivity contribution in [2.24, 2.45) is 0 Å². The Bertz CT molecular complexity index is 573. The van der Waals surface area contributed by atoms with Gasteiger partial charge in [-0.25, -0.2) is 4.98 Å². The van der Waals surface area contributed by atoms with Crippen LogP contribution in [-0.2, 0) is 0 Å². The van der Waals surface area contributed by atoms with Gasteiger partial charge >= 0.3 is 0 Å². The molecule has 0 atom stereocenters. The number of pyridine rings is 1. The molecule has 0 saturated carbocycles. The SMILES string of the molecule is COc1ccc(N)cc1Oc1nccc(C)c1Br. The predicted molar refractivity (Wildman–Crippen MR) is 74.2 cm³/mol. The number of hydrogen-bond donors (Lipinski definition) is 1. The summed E-state index contributed by atoms with van der Waals surface area (Å²) >= 11 is 3.44. The van der Waals surface area contributed by atoms with Crippen LogP contribution < -0.4 is 15.2 Å². The minimum Gasteiger partial charge on any atom is -0.493 e. The lowest BCUT2D eigenvalue weighted by molar-refractivity contribution is 0.373. The van der Waals surface area contributed by atoms with Gasteiger partial charge in [-0.2, -0.15) is 0 Å². The molecule has 0 saturated heterocycles. The van der Waals surface area contributed by atoms with Gasteiger partial charge in [-0.1, -0.05) is 0 Å². The Morgan fingerprint density at radius 1 is 1.22 bits per heavy atom. The molecule has 1 heterocycles. The normalized spacial score (nSPS) is 10.2. The van der Waals surface area contributed by atoms with E-state index in [1.54, 1.807) is 31.5 Å². The van der Waals surface area contributed by atoms with Crippen molar-refractivity contribution < 1.29 is 9.47 Å². The van der Waals surface area contributed by atoms with Crippen molar-refractivity contribution in [2.75, 3.05) is 12.8 Å². The molecule has 0 unspecified atom stereocenters. The maximum Gasteiger partial charge on any atom is 0.234 e. The summed E-state index contributed by atoms with van der Waals surface area (Å²) in [4.78, 5) is 4.17. The summed E-state index contributed by atoms with van der Waals surface area (Å²) < 4.78 is 11.8. The molecule has 0 spiro atoms. The third kappa shape index (κ3) is 2.56. The number of rotatable bonds is 3. The standard InChI is InChI=1S/C13H13BrN2O2/c1-8-5-6-16-13(12(8)14)18-11-7-9(15)3-4-10(11)17-2/h3-7H,15H2,1-2H3. The molecular formula is C13H13BrN2O2. The highest BCUT2D eigenvalue weighted by atomic mass is 79.9. The number of anilines is 1. The van der Waals surface area contributed by atoms with Crippen molar-refractivity contribution >= 4 is 21.6 Å². The monoisotopic (exact) mass is 308 g/mol. The van der Waals surface area contributed by atoms with Crippen molar-refractivity contribution in [3.05, 3.63) is 40.5 Å². The van der Waals surface area contributed by atoms with Crippen LogP contribution in [0.4, 0.5) is 5.69 Å². The molecule has 5 heteroatoms. The summed E-state index contributed by atoms with van der Waals surface area (Å²) in [6.07, 6.45) is 1.69.